The summed E-state index contributed by atoms with van der Waals surface area (Å²) in [6.45, 7) is 7.87. The smallest absolute Gasteiger partial charge is 0.251 e. The zero-order chi connectivity index (χ0) is 16.7. The van der Waals surface area contributed by atoms with Crippen molar-refractivity contribution in [2.75, 3.05) is 13.1 Å². The van der Waals surface area contributed by atoms with Crippen molar-refractivity contribution in [1.82, 2.24) is 10.2 Å². The molecular formula is C19H23IN2O. The van der Waals surface area contributed by atoms with Gasteiger partial charge in [-0.3, -0.25) is 9.69 Å². The average molecular weight is 422 g/mol. The van der Waals surface area contributed by atoms with Crippen molar-refractivity contribution in [3.8, 4) is 0 Å². The van der Waals surface area contributed by atoms with E-state index in [1.165, 1.54) is 11.1 Å². The van der Waals surface area contributed by atoms with Gasteiger partial charge in [0, 0.05) is 22.2 Å². The molecular weight excluding hydrogens is 399 g/mol. The quantitative estimate of drug-likeness (QED) is 0.683. The Morgan fingerprint density at radius 1 is 1.00 bits per heavy atom. The summed E-state index contributed by atoms with van der Waals surface area (Å²) in [7, 11) is 0. The highest BCUT2D eigenvalue weighted by Crippen LogP contribution is 2.12. The maximum atomic E-state index is 12.3. The van der Waals surface area contributed by atoms with Crippen LogP contribution in [0.4, 0.5) is 0 Å². The van der Waals surface area contributed by atoms with E-state index in [0.29, 0.717) is 12.1 Å². The molecule has 0 saturated heterocycles. The first-order chi connectivity index (χ1) is 11.1. The molecule has 0 radical (unpaired) electrons. The Morgan fingerprint density at radius 2 is 1.61 bits per heavy atom. The zero-order valence-corrected chi connectivity index (χ0v) is 15.8. The molecule has 2 aromatic rings. The molecule has 2 rings (SSSR count). The maximum Gasteiger partial charge on any atom is 0.251 e. The number of carbonyl (C=O) groups is 1. The molecule has 0 saturated carbocycles. The first-order valence-corrected chi connectivity index (χ1v) is 9.04. The summed E-state index contributed by atoms with van der Waals surface area (Å²) in [5, 5.41) is 3.02. The van der Waals surface area contributed by atoms with Gasteiger partial charge in [0.25, 0.3) is 5.91 Å². The minimum Gasteiger partial charge on any atom is -0.348 e. The molecule has 0 spiro atoms. The second-order valence-corrected chi connectivity index (χ2v) is 6.67. The number of hydrogen-bond acceptors (Lipinski definition) is 2. The van der Waals surface area contributed by atoms with Crippen molar-refractivity contribution >= 4 is 28.5 Å². The summed E-state index contributed by atoms with van der Waals surface area (Å²) in [6.07, 6.45) is 0. The molecule has 0 atom stereocenters. The van der Waals surface area contributed by atoms with E-state index in [1.807, 2.05) is 30.3 Å². The molecule has 3 nitrogen and oxygen atoms in total. The number of hydrogen-bond donors (Lipinski definition) is 1. The van der Waals surface area contributed by atoms with E-state index < -0.39 is 0 Å². The van der Waals surface area contributed by atoms with Crippen LogP contribution in [0, 0.1) is 3.57 Å². The third kappa shape index (κ3) is 5.32. The Morgan fingerprint density at radius 3 is 2.22 bits per heavy atom. The molecule has 0 aliphatic rings. The van der Waals surface area contributed by atoms with Crippen LogP contribution >= 0.6 is 22.6 Å². The van der Waals surface area contributed by atoms with E-state index in [2.05, 4.69) is 64.9 Å². The van der Waals surface area contributed by atoms with Crippen LogP contribution in [0.15, 0.2) is 48.5 Å². The van der Waals surface area contributed by atoms with Crippen LogP contribution in [0.2, 0.25) is 0 Å². The van der Waals surface area contributed by atoms with Gasteiger partial charge in [-0.2, -0.15) is 0 Å². The monoisotopic (exact) mass is 422 g/mol. The normalized spacial score (nSPS) is 10.8. The van der Waals surface area contributed by atoms with E-state index in [0.717, 1.165) is 23.2 Å². The topological polar surface area (TPSA) is 32.3 Å². The van der Waals surface area contributed by atoms with Crippen LogP contribution in [0.1, 0.15) is 35.3 Å². The first-order valence-electron chi connectivity index (χ1n) is 7.97. The fraction of sp³-hybridized carbons (Fsp3) is 0.316. The summed E-state index contributed by atoms with van der Waals surface area (Å²) in [5.74, 6) is -0.0287. The number of amides is 1. The second kappa shape index (κ2) is 9.03. The molecule has 0 aliphatic heterocycles. The van der Waals surface area contributed by atoms with Crippen LogP contribution in [-0.4, -0.2) is 23.9 Å². The van der Waals surface area contributed by atoms with Gasteiger partial charge in [0.05, 0.1) is 0 Å². The fourth-order valence-corrected chi connectivity index (χ4v) is 2.81. The fourth-order valence-electron chi connectivity index (χ4n) is 2.45. The van der Waals surface area contributed by atoms with Gasteiger partial charge >= 0.3 is 0 Å². The predicted molar refractivity (Wildman–Crippen MR) is 103 cm³/mol. The molecule has 0 fully saturated rings. The van der Waals surface area contributed by atoms with E-state index in [9.17, 15) is 4.79 Å². The van der Waals surface area contributed by atoms with Gasteiger partial charge in [0.15, 0.2) is 0 Å². The lowest BCUT2D eigenvalue weighted by atomic mass is 10.1. The highest BCUT2D eigenvalue weighted by Gasteiger charge is 2.09. The number of halogens is 1. The average Bonchev–Trinajstić information content (AvgIpc) is 2.59. The molecule has 0 unspecified atom stereocenters. The standard InChI is InChI=1S/C19H23IN2O/c1-3-22(4-2)14-17-8-6-5-7-16(17)13-21-19(23)15-9-11-18(20)12-10-15/h5-12H,3-4,13-14H2,1-2H3,(H,21,23). The van der Waals surface area contributed by atoms with Gasteiger partial charge < -0.3 is 5.32 Å². The van der Waals surface area contributed by atoms with E-state index in [1.54, 1.807) is 0 Å². The predicted octanol–water partition coefficient (Wildman–Crippen LogP) is 4.06. The second-order valence-electron chi connectivity index (χ2n) is 5.42. The third-order valence-corrected chi connectivity index (χ3v) is 4.67. The van der Waals surface area contributed by atoms with Crippen LogP contribution in [0.3, 0.4) is 0 Å². The number of carbonyl (C=O) groups excluding carboxylic acids is 1. The van der Waals surface area contributed by atoms with Gasteiger partial charge in [-0.25, -0.2) is 0 Å². The maximum absolute atomic E-state index is 12.3. The summed E-state index contributed by atoms with van der Waals surface area (Å²) >= 11 is 2.24. The van der Waals surface area contributed by atoms with Crippen LogP contribution < -0.4 is 5.32 Å². The molecule has 122 valence electrons. The van der Waals surface area contributed by atoms with Crippen LogP contribution in [0.5, 0.6) is 0 Å². The summed E-state index contributed by atoms with van der Waals surface area (Å²) in [4.78, 5) is 14.6. The Labute approximate surface area is 152 Å². The molecule has 0 aliphatic carbocycles. The van der Waals surface area contributed by atoms with Crippen molar-refractivity contribution in [2.24, 2.45) is 0 Å². The lowest BCUT2D eigenvalue weighted by Crippen LogP contribution is -2.26. The van der Waals surface area contributed by atoms with Gasteiger partial charge in [0.2, 0.25) is 0 Å². The minimum absolute atomic E-state index is 0.0287. The minimum atomic E-state index is -0.0287. The Bertz CT molecular complexity index is 636. The van der Waals surface area contributed by atoms with Crippen molar-refractivity contribution in [3.05, 3.63) is 68.8 Å². The van der Waals surface area contributed by atoms with E-state index >= 15 is 0 Å². The summed E-state index contributed by atoms with van der Waals surface area (Å²) in [6, 6.07) is 15.9. The molecule has 1 N–H and O–H groups in total. The van der Waals surface area contributed by atoms with Crippen molar-refractivity contribution < 1.29 is 4.79 Å². The number of nitrogens with one attached hydrogen (secondary N) is 1. The zero-order valence-electron chi connectivity index (χ0n) is 13.7. The largest absolute Gasteiger partial charge is 0.348 e. The van der Waals surface area contributed by atoms with Gasteiger partial charge in [-0.05, 0) is 71.1 Å². The Hall–Kier alpha value is -1.40. The Kier molecular flexibility index (Phi) is 7.05. The number of nitrogens with zero attached hydrogens (tertiary/aromatic N) is 1. The highest BCUT2D eigenvalue weighted by atomic mass is 127. The van der Waals surface area contributed by atoms with Crippen LogP contribution in [-0.2, 0) is 13.1 Å². The molecule has 1 amide bonds. The lowest BCUT2D eigenvalue weighted by molar-refractivity contribution is 0.0950. The van der Waals surface area contributed by atoms with Crippen molar-refractivity contribution in [1.29, 1.82) is 0 Å². The third-order valence-electron chi connectivity index (χ3n) is 3.95. The molecule has 0 heterocycles. The lowest BCUT2D eigenvalue weighted by Gasteiger charge is -2.20. The first kappa shape index (κ1) is 17.9. The highest BCUT2D eigenvalue weighted by molar-refractivity contribution is 14.1. The molecule has 2 aromatic carbocycles. The van der Waals surface area contributed by atoms with Crippen molar-refractivity contribution in [2.45, 2.75) is 26.9 Å². The van der Waals surface area contributed by atoms with E-state index in [-0.39, 0.29) is 5.91 Å². The van der Waals surface area contributed by atoms with Gasteiger partial charge in [-0.15, -0.1) is 0 Å². The molecule has 0 bridgehead atoms. The molecule has 0 aromatic heterocycles. The molecule has 23 heavy (non-hydrogen) atoms. The summed E-state index contributed by atoms with van der Waals surface area (Å²) in [5.41, 5.74) is 3.16. The summed E-state index contributed by atoms with van der Waals surface area (Å²) < 4.78 is 1.13. The van der Waals surface area contributed by atoms with Crippen molar-refractivity contribution in [3.63, 3.8) is 0 Å². The van der Waals surface area contributed by atoms with E-state index in [4.69, 9.17) is 0 Å². The van der Waals surface area contributed by atoms with Crippen LogP contribution in [0.25, 0.3) is 0 Å². The van der Waals surface area contributed by atoms with Gasteiger partial charge in [-0.1, -0.05) is 38.1 Å². The molecule has 4 heteroatoms. The number of benzene rings is 2. The number of rotatable bonds is 7. The Balaban J connectivity index is 2.02. The van der Waals surface area contributed by atoms with Gasteiger partial charge in [0.1, 0.15) is 0 Å². The SMILES string of the molecule is CCN(CC)Cc1ccccc1CNC(=O)c1ccc(I)cc1.